The highest BCUT2D eigenvalue weighted by Gasteiger charge is 2.40. The molecule has 1 aromatic rings. The number of carbonyl (C=O) groups is 3. The van der Waals surface area contributed by atoms with E-state index in [4.69, 9.17) is 5.11 Å². The molecule has 1 N–H and O–H groups in total. The fraction of sp³-hybridized carbons (Fsp3) is 0.308. The van der Waals surface area contributed by atoms with Gasteiger partial charge in [0.05, 0.1) is 12.3 Å². The zero-order chi connectivity index (χ0) is 14.0. The van der Waals surface area contributed by atoms with E-state index in [-0.39, 0.29) is 24.9 Å². The first-order valence-corrected chi connectivity index (χ1v) is 5.81. The van der Waals surface area contributed by atoms with Crippen LogP contribution in [0.25, 0.3) is 0 Å². The molecule has 1 fully saturated rings. The predicted molar refractivity (Wildman–Crippen MR) is 62.7 cm³/mol. The van der Waals surface area contributed by atoms with Crippen LogP contribution in [0.1, 0.15) is 24.3 Å². The Labute approximate surface area is 108 Å². The summed E-state index contributed by atoms with van der Waals surface area (Å²) in [7, 11) is 0. The molecule has 2 rings (SSSR count). The number of rotatable bonds is 4. The summed E-state index contributed by atoms with van der Waals surface area (Å²) in [5.41, 5.74) is 0.179. The Morgan fingerprint density at radius 3 is 2.68 bits per heavy atom. The normalized spacial score (nSPS) is 19.0. The van der Waals surface area contributed by atoms with E-state index in [2.05, 4.69) is 0 Å². The van der Waals surface area contributed by atoms with Crippen molar-refractivity contribution in [3.8, 4) is 0 Å². The molecule has 100 valence electrons. The van der Waals surface area contributed by atoms with Crippen LogP contribution in [0.2, 0.25) is 0 Å². The number of imide groups is 1. The van der Waals surface area contributed by atoms with Crippen molar-refractivity contribution in [2.45, 2.75) is 18.8 Å². The second-order valence-electron chi connectivity index (χ2n) is 4.31. The van der Waals surface area contributed by atoms with Crippen molar-refractivity contribution < 1.29 is 23.9 Å². The van der Waals surface area contributed by atoms with Gasteiger partial charge in [-0.25, -0.2) is 4.39 Å². The summed E-state index contributed by atoms with van der Waals surface area (Å²) in [5, 5.41) is 8.56. The summed E-state index contributed by atoms with van der Waals surface area (Å²) >= 11 is 0. The lowest BCUT2D eigenvalue weighted by Gasteiger charge is -2.14. The van der Waals surface area contributed by atoms with Crippen molar-refractivity contribution in [3.63, 3.8) is 0 Å². The van der Waals surface area contributed by atoms with Gasteiger partial charge < -0.3 is 5.11 Å². The van der Waals surface area contributed by atoms with Gasteiger partial charge in [0.15, 0.2) is 0 Å². The predicted octanol–water partition coefficient (Wildman–Crippen LogP) is 1.14. The Balaban J connectivity index is 2.18. The number of benzene rings is 1. The number of halogens is 1. The molecule has 6 heteroatoms. The molecule has 0 bridgehead atoms. The van der Waals surface area contributed by atoms with Crippen LogP contribution >= 0.6 is 0 Å². The molecular weight excluding hydrogens is 253 g/mol. The van der Waals surface area contributed by atoms with Gasteiger partial charge in [-0.15, -0.1) is 0 Å². The van der Waals surface area contributed by atoms with Crippen LogP contribution in [-0.4, -0.2) is 34.3 Å². The Hall–Kier alpha value is -2.24. The van der Waals surface area contributed by atoms with Gasteiger partial charge in [-0.05, 0) is 6.07 Å². The Bertz CT molecular complexity index is 543. The van der Waals surface area contributed by atoms with Crippen molar-refractivity contribution in [2.24, 2.45) is 0 Å². The second kappa shape index (κ2) is 5.17. The first kappa shape index (κ1) is 13.2. The van der Waals surface area contributed by atoms with Crippen LogP contribution in [0, 0.1) is 5.82 Å². The summed E-state index contributed by atoms with van der Waals surface area (Å²) in [6.45, 7) is -0.169. The summed E-state index contributed by atoms with van der Waals surface area (Å²) in [5.74, 6) is -3.46. The lowest BCUT2D eigenvalue weighted by molar-refractivity contribution is -0.141. The Kier molecular flexibility index (Phi) is 3.59. The molecule has 2 amide bonds. The first-order valence-electron chi connectivity index (χ1n) is 5.81. The van der Waals surface area contributed by atoms with E-state index in [0.717, 1.165) is 4.90 Å². The molecule has 1 aromatic carbocycles. The molecule has 0 radical (unpaired) electrons. The number of hydrogen-bond donors (Lipinski definition) is 1. The number of nitrogens with zero attached hydrogens (tertiary/aromatic N) is 1. The average Bonchev–Trinajstić information content (AvgIpc) is 2.63. The summed E-state index contributed by atoms with van der Waals surface area (Å²) < 4.78 is 13.6. The fourth-order valence-electron chi connectivity index (χ4n) is 2.13. The van der Waals surface area contributed by atoms with Crippen LogP contribution in [0.4, 0.5) is 4.39 Å². The molecule has 0 saturated carbocycles. The minimum atomic E-state index is -1.09. The minimum absolute atomic E-state index is 0.112. The number of aliphatic carboxylic acids is 1. The molecule has 1 heterocycles. The van der Waals surface area contributed by atoms with E-state index in [9.17, 15) is 18.8 Å². The summed E-state index contributed by atoms with van der Waals surface area (Å²) in [6.07, 6.45) is -0.416. The molecule has 19 heavy (non-hydrogen) atoms. The highest BCUT2D eigenvalue weighted by atomic mass is 19.1. The van der Waals surface area contributed by atoms with Gasteiger partial charge in [0.2, 0.25) is 11.8 Å². The van der Waals surface area contributed by atoms with Crippen LogP contribution in [0.15, 0.2) is 24.3 Å². The molecule has 1 aliphatic heterocycles. The molecule has 0 aliphatic carbocycles. The van der Waals surface area contributed by atoms with Crippen molar-refractivity contribution in [1.82, 2.24) is 4.90 Å². The zero-order valence-electron chi connectivity index (χ0n) is 10.0. The van der Waals surface area contributed by atoms with Crippen molar-refractivity contribution >= 4 is 17.8 Å². The molecule has 1 saturated heterocycles. The van der Waals surface area contributed by atoms with Crippen LogP contribution in [-0.2, 0) is 14.4 Å². The molecule has 1 unspecified atom stereocenters. The lowest BCUT2D eigenvalue weighted by atomic mass is 9.97. The van der Waals surface area contributed by atoms with Gasteiger partial charge >= 0.3 is 5.97 Å². The molecular formula is C13H12FNO4. The second-order valence-corrected chi connectivity index (χ2v) is 4.31. The highest BCUT2D eigenvalue weighted by molar-refractivity contribution is 6.06. The topological polar surface area (TPSA) is 74.7 Å². The smallest absolute Gasteiger partial charge is 0.305 e. The number of amides is 2. The molecule has 0 aromatic heterocycles. The average molecular weight is 265 g/mol. The SMILES string of the molecule is O=C(O)CCN1C(=O)CC(c2ccccc2F)C1=O. The quantitative estimate of drug-likeness (QED) is 0.828. The zero-order valence-corrected chi connectivity index (χ0v) is 10.0. The fourth-order valence-corrected chi connectivity index (χ4v) is 2.13. The third kappa shape index (κ3) is 2.62. The van der Waals surface area contributed by atoms with E-state index in [1.54, 1.807) is 6.07 Å². The third-order valence-electron chi connectivity index (χ3n) is 3.07. The van der Waals surface area contributed by atoms with E-state index in [1.165, 1.54) is 18.2 Å². The standard InChI is InChI=1S/C13H12FNO4/c14-10-4-2-1-3-8(10)9-7-11(16)15(13(9)19)6-5-12(17)18/h1-4,9H,5-7H2,(H,17,18). The van der Waals surface area contributed by atoms with Crippen LogP contribution in [0.3, 0.4) is 0 Å². The first-order chi connectivity index (χ1) is 9.00. The number of likely N-dealkylation sites (tertiary alicyclic amines) is 1. The highest BCUT2D eigenvalue weighted by Crippen LogP contribution is 2.31. The van der Waals surface area contributed by atoms with E-state index < -0.39 is 29.5 Å². The molecule has 5 nitrogen and oxygen atoms in total. The number of carboxylic acids is 1. The maximum absolute atomic E-state index is 13.6. The van der Waals surface area contributed by atoms with Crippen molar-refractivity contribution in [3.05, 3.63) is 35.6 Å². The Morgan fingerprint density at radius 1 is 1.37 bits per heavy atom. The minimum Gasteiger partial charge on any atom is -0.481 e. The van der Waals surface area contributed by atoms with Gasteiger partial charge in [0, 0.05) is 18.5 Å². The molecule has 0 spiro atoms. The summed E-state index contributed by atoms with van der Waals surface area (Å²) in [4.78, 5) is 35.1. The largest absolute Gasteiger partial charge is 0.481 e. The molecule has 1 aliphatic rings. The van der Waals surface area contributed by atoms with Crippen LogP contribution < -0.4 is 0 Å². The van der Waals surface area contributed by atoms with E-state index in [0.29, 0.717) is 0 Å². The Morgan fingerprint density at radius 2 is 2.05 bits per heavy atom. The molecule has 1 atom stereocenters. The summed E-state index contributed by atoms with van der Waals surface area (Å²) in [6, 6.07) is 5.79. The lowest BCUT2D eigenvalue weighted by Crippen LogP contribution is -2.32. The monoisotopic (exact) mass is 265 g/mol. The number of hydrogen-bond acceptors (Lipinski definition) is 3. The maximum atomic E-state index is 13.6. The van der Waals surface area contributed by atoms with Gasteiger partial charge in [0.25, 0.3) is 0 Å². The number of carboxylic acid groups (broad SMARTS) is 1. The number of carbonyl (C=O) groups excluding carboxylic acids is 2. The van der Waals surface area contributed by atoms with Crippen LogP contribution in [0.5, 0.6) is 0 Å². The van der Waals surface area contributed by atoms with Gasteiger partial charge in [-0.2, -0.15) is 0 Å². The maximum Gasteiger partial charge on any atom is 0.305 e. The van der Waals surface area contributed by atoms with E-state index >= 15 is 0 Å². The van der Waals surface area contributed by atoms with E-state index in [1.807, 2.05) is 0 Å². The van der Waals surface area contributed by atoms with Crippen molar-refractivity contribution in [1.29, 1.82) is 0 Å². The van der Waals surface area contributed by atoms with Gasteiger partial charge in [-0.1, -0.05) is 18.2 Å². The van der Waals surface area contributed by atoms with Gasteiger partial charge in [-0.3, -0.25) is 19.3 Å². The van der Waals surface area contributed by atoms with Crippen molar-refractivity contribution in [2.75, 3.05) is 6.54 Å². The van der Waals surface area contributed by atoms with Gasteiger partial charge in [0.1, 0.15) is 5.82 Å². The third-order valence-corrected chi connectivity index (χ3v) is 3.07.